The number of rotatable bonds is 6. The number of anilines is 1. The van der Waals surface area contributed by atoms with Crippen LogP contribution in [-0.2, 0) is 0 Å². The van der Waals surface area contributed by atoms with Gasteiger partial charge in [0.05, 0.1) is 12.1 Å². The van der Waals surface area contributed by atoms with Crippen LogP contribution in [0.4, 0.5) is 5.69 Å². The van der Waals surface area contributed by atoms with Crippen molar-refractivity contribution in [3.63, 3.8) is 0 Å². The van der Waals surface area contributed by atoms with Gasteiger partial charge in [-0.3, -0.25) is 0 Å². The standard InChI is InChI=1S/C11H17ClN2O/c1-3-13-6-7-14-9-4-5-11(15-2)10(12)8-9/h4-5,8,13-14H,3,6-7H2,1-2H3. The molecule has 0 aromatic heterocycles. The molecular formula is C11H17ClN2O. The van der Waals surface area contributed by atoms with Crippen molar-refractivity contribution in [2.45, 2.75) is 6.92 Å². The molecule has 0 radical (unpaired) electrons. The van der Waals surface area contributed by atoms with Crippen molar-refractivity contribution in [1.82, 2.24) is 5.32 Å². The Kier molecular flexibility index (Phi) is 5.29. The first-order valence-electron chi connectivity index (χ1n) is 5.06. The lowest BCUT2D eigenvalue weighted by atomic mass is 10.3. The van der Waals surface area contributed by atoms with E-state index >= 15 is 0 Å². The van der Waals surface area contributed by atoms with Gasteiger partial charge in [-0.25, -0.2) is 0 Å². The summed E-state index contributed by atoms with van der Waals surface area (Å²) in [5, 5.41) is 7.14. The summed E-state index contributed by atoms with van der Waals surface area (Å²) in [6.45, 7) is 4.91. The van der Waals surface area contributed by atoms with Crippen LogP contribution in [0.15, 0.2) is 18.2 Å². The van der Waals surface area contributed by atoms with Crippen molar-refractivity contribution in [1.29, 1.82) is 0 Å². The van der Waals surface area contributed by atoms with Crippen molar-refractivity contribution in [3.8, 4) is 5.75 Å². The molecule has 2 N–H and O–H groups in total. The van der Waals surface area contributed by atoms with E-state index in [0.717, 1.165) is 25.3 Å². The smallest absolute Gasteiger partial charge is 0.137 e. The highest BCUT2D eigenvalue weighted by atomic mass is 35.5. The summed E-state index contributed by atoms with van der Waals surface area (Å²) in [7, 11) is 1.61. The van der Waals surface area contributed by atoms with Gasteiger partial charge in [-0.1, -0.05) is 18.5 Å². The SMILES string of the molecule is CCNCCNc1ccc(OC)c(Cl)c1. The van der Waals surface area contributed by atoms with Gasteiger partial charge in [-0.05, 0) is 24.7 Å². The molecule has 0 aliphatic carbocycles. The zero-order valence-electron chi connectivity index (χ0n) is 9.14. The number of hydrogen-bond acceptors (Lipinski definition) is 3. The molecule has 4 heteroatoms. The lowest BCUT2D eigenvalue weighted by Crippen LogP contribution is -2.21. The maximum atomic E-state index is 5.99. The Hall–Kier alpha value is -0.930. The Morgan fingerprint density at radius 2 is 2.13 bits per heavy atom. The summed E-state index contributed by atoms with van der Waals surface area (Å²) in [6.07, 6.45) is 0. The fourth-order valence-electron chi connectivity index (χ4n) is 1.25. The van der Waals surface area contributed by atoms with Gasteiger partial charge in [-0.15, -0.1) is 0 Å². The van der Waals surface area contributed by atoms with E-state index in [9.17, 15) is 0 Å². The van der Waals surface area contributed by atoms with Crippen LogP contribution in [0.5, 0.6) is 5.75 Å². The molecule has 0 amide bonds. The zero-order valence-corrected chi connectivity index (χ0v) is 9.90. The van der Waals surface area contributed by atoms with Crippen LogP contribution < -0.4 is 15.4 Å². The molecular weight excluding hydrogens is 212 g/mol. The van der Waals surface area contributed by atoms with Gasteiger partial charge in [-0.2, -0.15) is 0 Å². The Balaban J connectivity index is 2.45. The van der Waals surface area contributed by atoms with E-state index in [1.54, 1.807) is 7.11 Å². The van der Waals surface area contributed by atoms with Crippen LogP contribution in [0, 0.1) is 0 Å². The van der Waals surface area contributed by atoms with E-state index in [1.165, 1.54) is 0 Å². The number of hydrogen-bond donors (Lipinski definition) is 2. The van der Waals surface area contributed by atoms with Crippen molar-refractivity contribution >= 4 is 17.3 Å². The predicted molar refractivity (Wildman–Crippen MR) is 65.0 cm³/mol. The molecule has 15 heavy (non-hydrogen) atoms. The monoisotopic (exact) mass is 228 g/mol. The Morgan fingerprint density at radius 1 is 1.33 bits per heavy atom. The second-order valence-corrected chi connectivity index (χ2v) is 3.54. The lowest BCUT2D eigenvalue weighted by molar-refractivity contribution is 0.415. The molecule has 3 nitrogen and oxygen atoms in total. The highest BCUT2D eigenvalue weighted by molar-refractivity contribution is 6.32. The van der Waals surface area contributed by atoms with Crippen molar-refractivity contribution in [3.05, 3.63) is 23.2 Å². The molecule has 0 spiro atoms. The summed E-state index contributed by atoms with van der Waals surface area (Å²) < 4.78 is 5.07. The van der Waals surface area contributed by atoms with E-state index in [2.05, 4.69) is 17.6 Å². The molecule has 0 heterocycles. The average molecular weight is 229 g/mol. The minimum absolute atomic E-state index is 0.631. The average Bonchev–Trinajstić information content (AvgIpc) is 2.25. The summed E-state index contributed by atoms with van der Waals surface area (Å²) >= 11 is 5.99. The number of ether oxygens (including phenoxy) is 1. The quantitative estimate of drug-likeness (QED) is 0.734. The molecule has 0 saturated carbocycles. The molecule has 1 aromatic carbocycles. The maximum absolute atomic E-state index is 5.99. The topological polar surface area (TPSA) is 33.3 Å². The van der Waals surface area contributed by atoms with Crippen molar-refractivity contribution < 1.29 is 4.74 Å². The highest BCUT2D eigenvalue weighted by Crippen LogP contribution is 2.26. The van der Waals surface area contributed by atoms with Gasteiger partial charge in [0.2, 0.25) is 0 Å². The van der Waals surface area contributed by atoms with Gasteiger partial charge in [0.15, 0.2) is 0 Å². The Morgan fingerprint density at radius 3 is 2.73 bits per heavy atom. The third kappa shape index (κ3) is 3.98. The first kappa shape index (κ1) is 12.1. The molecule has 84 valence electrons. The molecule has 0 saturated heterocycles. The maximum Gasteiger partial charge on any atom is 0.137 e. The van der Waals surface area contributed by atoms with E-state index in [0.29, 0.717) is 10.8 Å². The van der Waals surface area contributed by atoms with E-state index in [-0.39, 0.29) is 0 Å². The van der Waals surface area contributed by atoms with Crippen LogP contribution in [-0.4, -0.2) is 26.7 Å². The first-order chi connectivity index (χ1) is 7.27. The van der Waals surface area contributed by atoms with Gasteiger partial charge >= 0.3 is 0 Å². The molecule has 0 fully saturated rings. The second kappa shape index (κ2) is 6.53. The molecule has 0 aliphatic heterocycles. The summed E-state index contributed by atoms with van der Waals surface area (Å²) in [5.41, 5.74) is 1.01. The van der Waals surface area contributed by atoms with Crippen LogP contribution in [0.3, 0.4) is 0 Å². The first-order valence-corrected chi connectivity index (χ1v) is 5.44. The van der Waals surface area contributed by atoms with E-state index in [4.69, 9.17) is 16.3 Å². The van der Waals surface area contributed by atoms with E-state index < -0.39 is 0 Å². The Bertz CT molecular complexity index is 305. The molecule has 0 aliphatic rings. The van der Waals surface area contributed by atoms with Gasteiger partial charge in [0, 0.05) is 18.8 Å². The molecule has 1 rings (SSSR count). The largest absolute Gasteiger partial charge is 0.495 e. The summed E-state index contributed by atoms with van der Waals surface area (Å²) in [4.78, 5) is 0. The Labute approximate surface area is 95.8 Å². The van der Waals surface area contributed by atoms with Crippen LogP contribution in [0.1, 0.15) is 6.92 Å². The molecule has 0 unspecified atom stereocenters. The second-order valence-electron chi connectivity index (χ2n) is 3.13. The molecule has 0 bridgehead atoms. The third-order valence-electron chi connectivity index (χ3n) is 2.03. The molecule has 0 atom stereocenters. The predicted octanol–water partition coefficient (Wildman–Crippen LogP) is 2.37. The van der Waals surface area contributed by atoms with Gasteiger partial charge in [0.25, 0.3) is 0 Å². The minimum atomic E-state index is 0.631. The highest BCUT2D eigenvalue weighted by Gasteiger charge is 2.00. The fraction of sp³-hybridized carbons (Fsp3) is 0.455. The fourth-order valence-corrected chi connectivity index (χ4v) is 1.51. The van der Waals surface area contributed by atoms with Gasteiger partial charge in [0.1, 0.15) is 5.75 Å². The zero-order chi connectivity index (χ0) is 11.1. The minimum Gasteiger partial charge on any atom is -0.495 e. The van der Waals surface area contributed by atoms with Crippen LogP contribution >= 0.6 is 11.6 Å². The lowest BCUT2D eigenvalue weighted by Gasteiger charge is -2.08. The number of likely N-dealkylation sites (N-methyl/N-ethyl adjacent to an activating group) is 1. The third-order valence-corrected chi connectivity index (χ3v) is 2.33. The van der Waals surface area contributed by atoms with Gasteiger partial charge < -0.3 is 15.4 Å². The van der Waals surface area contributed by atoms with Crippen molar-refractivity contribution in [2.24, 2.45) is 0 Å². The number of methoxy groups -OCH3 is 1. The van der Waals surface area contributed by atoms with Crippen molar-refractivity contribution in [2.75, 3.05) is 32.1 Å². The number of nitrogens with one attached hydrogen (secondary N) is 2. The number of halogens is 1. The summed E-state index contributed by atoms with van der Waals surface area (Å²) in [6, 6.07) is 5.68. The van der Waals surface area contributed by atoms with Crippen LogP contribution in [0.25, 0.3) is 0 Å². The normalized spacial score (nSPS) is 10.1. The molecule has 1 aromatic rings. The number of benzene rings is 1. The van der Waals surface area contributed by atoms with E-state index in [1.807, 2.05) is 18.2 Å². The summed E-state index contributed by atoms with van der Waals surface area (Å²) in [5.74, 6) is 0.703. The van der Waals surface area contributed by atoms with Crippen LogP contribution in [0.2, 0.25) is 5.02 Å².